The monoisotopic (exact) mass is 367 g/mol. The van der Waals surface area contributed by atoms with Crippen LogP contribution in [0.25, 0.3) is 0 Å². The summed E-state index contributed by atoms with van der Waals surface area (Å²) in [5.41, 5.74) is 2.65. The van der Waals surface area contributed by atoms with E-state index >= 15 is 0 Å². The summed E-state index contributed by atoms with van der Waals surface area (Å²) in [5.74, 6) is 0.202. The molecule has 2 amide bonds. The predicted molar refractivity (Wildman–Crippen MR) is 103 cm³/mol. The van der Waals surface area contributed by atoms with Gasteiger partial charge in [-0.15, -0.1) is 0 Å². The van der Waals surface area contributed by atoms with Gasteiger partial charge in [0.1, 0.15) is 0 Å². The second kappa shape index (κ2) is 9.28. The van der Waals surface area contributed by atoms with Gasteiger partial charge in [-0.2, -0.15) is 0 Å². The molecule has 1 unspecified atom stereocenters. The lowest BCUT2D eigenvalue weighted by Crippen LogP contribution is -2.36. The van der Waals surface area contributed by atoms with Crippen LogP contribution in [0.4, 0.5) is 5.69 Å². The van der Waals surface area contributed by atoms with E-state index in [-0.39, 0.29) is 17.9 Å². The van der Waals surface area contributed by atoms with Crippen LogP contribution in [0.15, 0.2) is 48.8 Å². The molecule has 2 heterocycles. The Hall–Kier alpha value is -2.73. The number of carbonyl (C=O) groups excluding carboxylic acids is 2. The van der Waals surface area contributed by atoms with Crippen LogP contribution in [-0.2, 0) is 20.7 Å². The largest absolute Gasteiger partial charge is 0.381 e. The standard InChI is InChI=1S/C21H25N3O3/c1-15(25)23-19-6-4-16(5-7-19)13-20(26)24-21(17-8-11-27-12-9-17)18-3-2-10-22-14-18/h2-7,10,14,17,21H,8-9,11-13H2,1H3,(H,23,25)(H,24,26). The SMILES string of the molecule is CC(=O)Nc1ccc(CC(=O)NC(c2cccnc2)C2CCOCC2)cc1. The Morgan fingerprint density at radius 1 is 1.19 bits per heavy atom. The number of carbonyl (C=O) groups is 2. The molecule has 1 aliphatic rings. The van der Waals surface area contributed by atoms with Crippen LogP contribution in [0.3, 0.4) is 0 Å². The summed E-state index contributed by atoms with van der Waals surface area (Å²) in [5, 5.41) is 5.92. The molecule has 0 saturated carbocycles. The van der Waals surface area contributed by atoms with Crippen molar-refractivity contribution >= 4 is 17.5 Å². The normalized spacial score (nSPS) is 15.7. The van der Waals surface area contributed by atoms with Gasteiger partial charge in [-0.3, -0.25) is 14.6 Å². The highest BCUT2D eigenvalue weighted by Gasteiger charge is 2.27. The molecule has 1 aromatic carbocycles. The summed E-state index contributed by atoms with van der Waals surface area (Å²) in [6.45, 7) is 2.92. The number of aromatic nitrogens is 1. The highest BCUT2D eigenvalue weighted by atomic mass is 16.5. The Bertz CT molecular complexity index is 756. The number of ether oxygens (including phenoxy) is 1. The van der Waals surface area contributed by atoms with Crippen molar-refractivity contribution in [1.82, 2.24) is 10.3 Å². The van der Waals surface area contributed by atoms with E-state index in [2.05, 4.69) is 15.6 Å². The van der Waals surface area contributed by atoms with Crippen LogP contribution in [-0.4, -0.2) is 30.0 Å². The molecule has 0 aliphatic carbocycles. The minimum Gasteiger partial charge on any atom is -0.381 e. The summed E-state index contributed by atoms with van der Waals surface area (Å²) in [7, 11) is 0. The highest BCUT2D eigenvalue weighted by Crippen LogP contribution is 2.29. The number of anilines is 1. The number of hydrogen-bond donors (Lipinski definition) is 2. The average molecular weight is 367 g/mol. The first-order chi connectivity index (χ1) is 13.1. The average Bonchev–Trinajstić information content (AvgIpc) is 2.69. The van der Waals surface area contributed by atoms with E-state index in [4.69, 9.17) is 4.74 Å². The molecule has 0 radical (unpaired) electrons. The van der Waals surface area contributed by atoms with Gasteiger partial charge in [0.2, 0.25) is 11.8 Å². The Morgan fingerprint density at radius 3 is 2.56 bits per heavy atom. The van der Waals surface area contributed by atoms with Gasteiger partial charge in [-0.05, 0) is 48.1 Å². The number of hydrogen-bond acceptors (Lipinski definition) is 4. The van der Waals surface area contributed by atoms with E-state index < -0.39 is 0 Å². The lowest BCUT2D eigenvalue weighted by molar-refractivity contribution is -0.122. The van der Waals surface area contributed by atoms with E-state index in [1.807, 2.05) is 30.5 Å². The van der Waals surface area contributed by atoms with Crippen molar-refractivity contribution in [3.8, 4) is 0 Å². The third kappa shape index (κ3) is 5.62. The van der Waals surface area contributed by atoms with Gasteiger partial charge < -0.3 is 15.4 Å². The summed E-state index contributed by atoms with van der Waals surface area (Å²) in [4.78, 5) is 28.0. The molecule has 1 aliphatic heterocycles. The van der Waals surface area contributed by atoms with Crippen LogP contribution in [0, 0.1) is 5.92 Å². The quantitative estimate of drug-likeness (QED) is 0.823. The molecule has 2 aromatic rings. The zero-order valence-electron chi connectivity index (χ0n) is 15.5. The number of benzene rings is 1. The van der Waals surface area contributed by atoms with Crippen LogP contribution >= 0.6 is 0 Å². The molecule has 142 valence electrons. The molecule has 6 heteroatoms. The number of nitrogens with zero attached hydrogens (tertiary/aromatic N) is 1. The number of nitrogens with one attached hydrogen (secondary N) is 2. The van der Waals surface area contributed by atoms with Crippen molar-refractivity contribution in [2.24, 2.45) is 5.92 Å². The molecule has 3 rings (SSSR count). The molecular weight excluding hydrogens is 342 g/mol. The molecule has 2 N–H and O–H groups in total. The van der Waals surface area contributed by atoms with Crippen LogP contribution in [0.2, 0.25) is 0 Å². The molecule has 1 saturated heterocycles. The minimum atomic E-state index is -0.115. The van der Waals surface area contributed by atoms with Gasteiger partial charge in [-0.1, -0.05) is 18.2 Å². The topological polar surface area (TPSA) is 80.3 Å². The predicted octanol–water partition coefficient (Wildman–Crippen LogP) is 2.87. The molecule has 0 bridgehead atoms. The fourth-order valence-corrected chi connectivity index (χ4v) is 3.40. The summed E-state index contributed by atoms with van der Waals surface area (Å²) in [6.07, 6.45) is 5.70. The van der Waals surface area contributed by atoms with Gasteiger partial charge in [0.05, 0.1) is 12.5 Å². The molecule has 27 heavy (non-hydrogen) atoms. The van der Waals surface area contributed by atoms with Gasteiger partial charge in [0, 0.05) is 38.2 Å². The second-order valence-corrected chi connectivity index (χ2v) is 6.84. The minimum absolute atomic E-state index is 0.0254. The number of pyridine rings is 1. The van der Waals surface area contributed by atoms with Crippen LogP contribution < -0.4 is 10.6 Å². The maximum absolute atomic E-state index is 12.7. The molecule has 6 nitrogen and oxygen atoms in total. The van der Waals surface area contributed by atoms with Gasteiger partial charge in [0.15, 0.2) is 0 Å². The summed E-state index contributed by atoms with van der Waals surface area (Å²) in [6, 6.07) is 11.2. The highest BCUT2D eigenvalue weighted by molar-refractivity contribution is 5.88. The van der Waals surface area contributed by atoms with Crippen molar-refractivity contribution in [2.75, 3.05) is 18.5 Å². The van der Waals surface area contributed by atoms with E-state index in [1.54, 1.807) is 18.3 Å². The van der Waals surface area contributed by atoms with Gasteiger partial charge in [0.25, 0.3) is 0 Å². The lowest BCUT2D eigenvalue weighted by Gasteiger charge is -2.31. The van der Waals surface area contributed by atoms with Crippen molar-refractivity contribution in [1.29, 1.82) is 0 Å². The van der Waals surface area contributed by atoms with Crippen molar-refractivity contribution < 1.29 is 14.3 Å². The lowest BCUT2D eigenvalue weighted by atomic mass is 9.87. The van der Waals surface area contributed by atoms with Crippen molar-refractivity contribution in [2.45, 2.75) is 32.2 Å². The maximum atomic E-state index is 12.7. The zero-order chi connectivity index (χ0) is 19.1. The number of amides is 2. The maximum Gasteiger partial charge on any atom is 0.224 e. The van der Waals surface area contributed by atoms with Gasteiger partial charge >= 0.3 is 0 Å². The fraction of sp³-hybridized carbons (Fsp3) is 0.381. The first-order valence-corrected chi connectivity index (χ1v) is 9.25. The second-order valence-electron chi connectivity index (χ2n) is 6.84. The number of rotatable bonds is 6. The van der Waals surface area contributed by atoms with Crippen LogP contribution in [0.5, 0.6) is 0 Å². The Balaban J connectivity index is 1.66. The summed E-state index contributed by atoms with van der Waals surface area (Å²) >= 11 is 0. The summed E-state index contributed by atoms with van der Waals surface area (Å²) < 4.78 is 5.47. The van der Waals surface area contributed by atoms with E-state index in [0.717, 1.165) is 42.9 Å². The smallest absolute Gasteiger partial charge is 0.224 e. The first-order valence-electron chi connectivity index (χ1n) is 9.25. The van der Waals surface area contributed by atoms with E-state index in [1.165, 1.54) is 6.92 Å². The Kier molecular flexibility index (Phi) is 6.54. The molecular formula is C21H25N3O3. The van der Waals surface area contributed by atoms with Crippen molar-refractivity contribution in [3.63, 3.8) is 0 Å². The first kappa shape index (κ1) is 19.0. The molecule has 0 spiro atoms. The third-order valence-electron chi connectivity index (χ3n) is 4.74. The van der Waals surface area contributed by atoms with Crippen molar-refractivity contribution in [3.05, 3.63) is 59.9 Å². The van der Waals surface area contributed by atoms with E-state index in [9.17, 15) is 9.59 Å². The van der Waals surface area contributed by atoms with Gasteiger partial charge in [-0.25, -0.2) is 0 Å². The van der Waals surface area contributed by atoms with Crippen LogP contribution in [0.1, 0.15) is 36.9 Å². The zero-order valence-corrected chi connectivity index (χ0v) is 15.5. The fourth-order valence-electron chi connectivity index (χ4n) is 3.40. The molecule has 1 atom stereocenters. The molecule has 1 aromatic heterocycles. The Morgan fingerprint density at radius 2 is 1.93 bits per heavy atom. The third-order valence-corrected chi connectivity index (χ3v) is 4.74. The molecule has 1 fully saturated rings. The van der Waals surface area contributed by atoms with E-state index in [0.29, 0.717) is 12.3 Å². The Labute approximate surface area is 159 Å².